The number of hydrogen-bond donors (Lipinski definition) is 0. The Morgan fingerprint density at radius 3 is 2.84 bits per heavy atom. The van der Waals surface area contributed by atoms with E-state index in [1.165, 1.54) is 23.0 Å². The highest BCUT2D eigenvalue weighted by Crippen LogP contribution is 2.21. The number of carbonyl (C=O) groups excluding carboxylic acids is 1. The second kappa shape index (κ2) is 5.53. The van der Waals surface area contributed by atoms with Crippen LogP contribution in [0.2, 0.25) is 5.02 Å². The summed E-state index contributed by atoms with van der Waals surface area (Å²) in [6, 6.07) is 4.51. The van der Waals surface area contributed by atoms with Gasteiger partial charge in [-0.15, -0.1) is 0 Å². The van der Waals surface area contributed by atoms with E-state index in [1.54, 1.807) is 13.0 Å². The van der Waals surface area contributed by atoms with E-state index < -0.39 is 11.6 Å². The lowest BCUT2D eigenvalue weighted by Gasteiger charge is -2.07. The molecule has 1 aromatic carbocycles. The van der Waals surface area contributed by atoms with Crippen LogP contribution in [0.3, 0.4) is 0 Å². The fraction of sp³-hybridized carbons (Fsp3) is 0.286. The normalized spacial score (nSPS) is 10.7. The molecular formula is C14H14ClFN2O. The Morgan fingerprint density at radius 2 is 2.21 bits per heavy atom. The first-order chi connectivity index (χ1) is 9.04. The lowest BCUT2D eigenvalue weighted by Crippen LogP contribution is -2.13. The highest BCUT2D eigenvalue weighted by atomic mass is 35.5. The first-order valence-corrected chi connectivity index (χ1v) is 6.44. The summed E-state index contributed by atoms with van der Waals surface area (Å²) in [5.41, 5.74) is 1.03. The zero-order chi connectivity index (χ0) is 14.0. The molecule has 0 aliphatic carbocycles. The van der Waals surface area contributed by atoms with E-state index in [2.05, 4.69) is 5.10 Å². The van der Waals surface area contributed by atoms with Crippen molar-refractivity contribution in [3.05, 3.63) is 52.1 Å². The largest absolute Gasteiger partial charge is 0.287 e. The quantitative estimate of drug-likeness (QED) is 0.802. The van der Waals surface area contributed by atoms with Crippen LogP contribution in [0.25, 0.3) is 0 Å². The maximum atomic E-state index is 13.8. The van der Waals surface area contributed by atoms with Gasteiger partial charge in [-0.05, 0) is 31.0 Å². The molecule has 0 saturated carbocycles. The third-order valence-corrected chi connectivity index (χ3v) is 3.09. The van der Waals surface area contributed by atoms with Gasteiger partial charge in [0.25, 0.3) is 0 Å². The third-order valence-electron chi connectivity index (χ3n) is 2.81. The summed E-state index contributed by atoms with van der Waals surface area (Å²) in [6.07, 6.45) is 2.23. The molecule has 0 bridgehead atoms. The van der Waals surface area contributed by atoms with Crippen LogP contribution >= 0.6 is 11.6 Å². The van der Waals surface area contributed by atoms with E-state index in [0.29, 0.717) is 6.54 Å². The summed E-state index contributed by atoms with van der Waals surface area (Å²) in [4.78, 5) is 12.4. The predicted molar refractivity (Wildman–Crippen MR) is 72.1 cm³/mol. The number of nitrogens with zero attached hydrogens (tertiary/aromatic N) is 2. The van der Waals surface area contributed by atoms with Crippen LogP contribution < -0.4 is 0 Å². The van der Waals surface area contributed by atoms with Crippen LogP contribution in [0.15, 0.2) is 24.4 Å². The Kier molecular flexibility index (Phi) is 4.00. The molecule has 0 saturated heterocycles. The molecule has 2 aromatic rings. The molecule has 3 nitrogen and oxygen atoms in total. The van der Waals surface area contributed by atoms with Crippen molar-refractivity contribution in [2.75, 3.05) is 0 Å². The van der Waals surface area contributed by atoms with E-state index in [4.69, 9.17) is 11.6 Å². The van der Waals surface area contributed by atoms with Gasteiger partial charge in [-0.25, -0.2) is 4.39 Å². The van der Waals surface area contributed by atoms with E-state index in [0.717, 1.165) is 12.0 Å². The molecule has 0 spiro atoms. The molecule has 0 aliphatic heterocycles. The second-order valence-electron chi connectivity index (χ2n) is 4.38. The number of aromatic nitrogens is 2. The molecule has 19 heavy (non-hydrogen) atoms. The smallest absolute Gasteiger partial charge is 0.215 e. The van der Waals surface area contributed by atoms with Crippen molar-refractivity contribution in [2.24, 2.45) is 0 Å². The molecule has 0 atom stereocenters. The summed E-state index contributed by atoms with van der Waals surface area (Å²) >= 11 is 5.98. The SMILES string of the molecule is CCCn1ncc(Cl)c1C(=O)c1ccc(C)cc1F. The monoisotopic (exact) mass is 280 g/mol. The zero-order valence-electron chi connectivity index (χ0n) is 10.8. The van der Waals surface area contributed by atoms with Crippen molar-refractivity contribution in [1.29, 1.82) is 0 Å². The van der Waals surface area contributed by atoms with Gasteiger partial charge in [-0.2, -0.15) is 5.10 Å². The Hall–Kier alpha value is -1.68. The van der Waals surface area contributed by atoms with E-state index in [9.17, 15) is 9.18 Å². The maximum Gasteiger partial charge on any atom is 0.215 e. The minimum Gasteiger partial charge on any atom is -0.287 e. The summed E-state index contributed by atoms with van der Waals surface area (Å²) in [5.74, 6) is -0.973. The van der Waals surface area contributed by atoms with Crippen LogP contribution in [0, 0.1) is 12.7 Å². The van der Waals surface area contributed by atoms with Gasteiger partial charge in [-0.3, -0.25) is 9.48 Å². The molecule has 5 heteroatoms. The summed E-state index contributed by atoms with van der Waals surface area (Å²) < 4.78 is 15.4. The highest BCUT2D eigenvalue weighted by Gasteiger charge is 2.21. The molecule has 0 radical (unpaired) electrons. The van der Waals surface area contributed by atoms with Gasteiger partial charge in [-0.1, -0.05) is 24.6 Å². The molecule has 0 amide bonds. The van der Waals surface area contributed by atoms with E-state index in [-0.39, 0.29) is 16.3 Å². The van der Waals surface area contributed by atoms with Crippen molar-refractivity contribution < 1.29 is 9.18 Å². The Labute approximate surface area is 116 Å². The molecule has 1 heterocycles. The van der Waals surface area contributed by atoms with Gasteiger partial charge in [0.05, 0.1) is 16.8 Å². The average molecular weight is 281 g/mol. The Bertz CT molecular complexity index is 622. The molecule has 100 valence electrons. The first-order valence-electron chi connectivity index (χ1n) is 6.06. The first kappa shape index (κ1) is 13.7. The number of ketones is 1. The molecule has 0 fully saturated rings. The standard InChI is InChI=1S/C14H14ClFN2O/c1-3-6-18-13(11(15)8-17-18)14(19)10-5-4-9(2)7-12(10)16/h4-5,7-8H,3,6H2,1-2H3. The van der Waals surface area contributed by atoms with Crippen molar-refractivity contribution >= 4 is 17.4 Å². The van der Waals surface area contributed by atoms with Crippen molar-refractivity contribution in [2.45, 2.75) is 26.8 Å². The van der Waals surface area contributed by atoms with Gasteiger partial charge in [0.2, 0.25) is 5.78 Å². The lowest BCUT2D eigenvalue weighted by molar-refractivity contribution is 0.102. The Morgan fingerprint density at radius 1 is 1.47 bits per heavy atom. The fourth-order valence-corrected chi connectivity index (χ4v) is 2.13. The number of halogens is 2. The number of aryl methyl sites for hydroxylation is 2. The number of carbonyl (C=O) groups is 1. The topological polar surface area (TPSA) is 34.9 Å². The lowest BCUT2D eigenvalue weighted by atomic mass is 10.1. The summed E-state index contributed by atoms with van der Waals surface area (Å²) in [5, 5.41) is 4.29. The molecule has 0 N–H and O–H groups in total. The highest BCUT2D eigenvalue weighted by molar-refractivity contribution is 6.34. The van der Waals surface area contributed by atoms with E-state index in [1.807, 2.05) is 6.92 Å². The van der Waals surface area contributed by atoms with Crippen molar-refractivity contribution in [3.8, 4) is 0 Å². The molecule has 2 rings (SSSR count). The minimum absolute atomic E-state index is 0.0188. The maximum absolute atomic E-state index is 13.8. The summed E-state index contributed by atoms with van der Waals surface area (Å²) in [7, 11) is 0. The van der Waals surface area contributed by atoms with Gasteiger partial charge >= 0.3 is 0 Å². The van der Waals surface area contributed by atoms with Gasteiger partial charge in [0.15, 0.2) is 0 Å². The minimum atomic E-state index is -0.537. The van der Waals surface area contributed by atoms with Gasteiger partial charge < -0.3 is 0 Å². The molecular weight excluding hydrogens is 267 g/mol. The van der Waals surface area contributed by atoms with Gasteiger partial charge in [0, 0.05) is 6.54 Å². The molecule has 0 unspecified atom stereocenters. The molecule has 1 aromatic heterocycles. The number of benzene rings is 1. The van der Waals surface area contributed by atoms with Crippen LogP contribution in [0.4, 0.5) is 4.39 Å². The molecule has 0 aliphatic rings. The second-order valence-corrected chi connectivity index (χ2v) is 4.78. The van der Waals surface area contributed by atoms with Crippen LogP contribution in [-0.2, 0) is 6.54 Å². The van der Waals surface area contributed by atoms with Crippen LogP contribution in [0.1, 0.15) is 35.0 Å². The van der Waals surface area contributed by atoms with Crippen molar-refractivity contribution in [1.82, 2.24) is 9.78 Å². The van der Waals surface area contributed by atoms with Crippen molar-refractivity contribution in [3.63, 3.8) is 0 Å². The van der Waals surface area contributed by atoms with Gasteiger partial charge in [0.1, 0.15) is 11.5 Å². The predicted octanol–water partition coefficient (Wildman–Crippen LogP) is 3.63. The average Bonchev–Trinajstić information content (AvgIpc) is 2.70. The third kappa shape index (κ3) is 2.68. The van der Waals surface area contributed by atoms with E-state index >= 15 is 0 Å². The van der Waals surface area contributed by atoms with Crippen LogP contribution in [0.5, 0.6) is 0 Å². The zero-order valence-corrected chi connectivity index (χ0v) is 11.5. The Balaban J connectivity index is 2.46. The number of rotatable bonds is 4. The summed E-state index contributed by atoms with van der Waals surface area (Å²) in [6.45, 7) is 4.31. The fourth-order valence-electron chi connectivity index (χ4n) is 1.90. The van der Waals surface area contributed by atoms with Crippen LogP contribution in [-0.4, -0.2) is 15.6 Å². The number of hydrogen-bond acceptors (Lipinski definition) is 2.